The molecule has 24 heavy (non-hydrogen) atoms. The smallest absolute Gasteiger partial charge is 0.255 e. The number of nitrogens with zero attached hydrogens (tertiary/aromatic N) is 2. The van der Waals surface area contributed by atoms with E-state index in [9.17, 15) is 9.59 Å². The second kappa shape index (κ2) is 6.89. The van der Waals surface area contributed by atoms with Crippen LogP contribution in [-0.4, -0.2) is 47.5 Å². The number of carbonyl (C=O) groups is 2. The second-order valence-corrected chi connectivity index (χ2v) is 6.85. The Hall–Kier alpha value is -1.95. The Morgan fingerprint density at radius 3 is 2.54 bits per heavy atom. The van der Waals surface area contributed by atoms with E-state index in [0.29, 0.717) is 37.6 Å². The zero-order chi connectivity index (χ0) is 17.3. The van der Waals surface area contributed by atoms with Crippen LogP contribution in [0.2, 0.25) is 0 Å². The van der Waals surface area contributed by atoms with E-state index in [0.717, 1.165) is 24.2 Å². The maximum absolute atomic E-state index is 12.7. The number of aryl methyl sites for hydroxylation is 2. The molecule has 2 aliphatic heterocycles. The minimum Gasteiger partial charge on any atom is -0.377 e. The number of pyridine rings is 1. The van der Waals surface area contributed by atoms with Crippen LogP contribution in [0, 0.1) is 25.7 Å². The predicted molar refractivity (Wildman–Crippen MR) is 89.4 cm³/mol. The number of ether oxygens (including phenoxy) is 1. The standard InChI is InChI=1S/C18H25N3O3/c1-11-3-4-14(12(2)20-11)18(23)21-8-5-13(6-9-21)16-15(17(19)22)7-10-24-16/h3-4,13,15-16H,5-10H2,1-2H3,(H2,19,22)/t15-,16+/m0/s1. The van der Waals surface area contributed by atoms with Crippen molar-refractivity contribution in [1.82, 2.24) is 9.88 Å². The third kappa shape index (κ3) is 3.29. The number of carbonyl (C=O) groups excluding carboxylic acids is 2. The molecule has 0 aliphatic carbocycles. The van der Waals surface area contributed by atoms with Gasteiger partial charge in [-0.3, -0.25) is 14.6 Å². The van der Waals surface area contributed by atoms with Crippen molar-refractivity contribution in [1.29, 1.82) is 0 Å². The lowest BCUT2D eigenvalue weighted by Gasteiger charge is -2.35. The van der Waals surface area contributed by atoms with E-state index in [4.69, 9.17) is 10.5 Å². The molecule has 0 radical (unpaired) electrons. The van der Waals surface area contributed by atoms with E-state index >= 15 is 0 Å². The molecule has 6 nitrogen and oxygen atoms in total. The number of rotatable bonds is 3. The van der Waals surface area contributed by atoms with Crippen LogP contribution in [0.3, 0.4) is 0 Å². The number of piperidine rings is 1. The van der Waals surface area contributed by atoms with Crippen LogP contribution in [-0.2, 0) is 9.53 Å². The topological polar surface area (TPSA) is 85.5 Å². The van der Waals surface area contributed by atoms with Crippen molar-refractivity contribution in [2.24, 2.45) is 17.6 Å². The molecule has 130 valence electrons. The largest absolute Gasteiger partial charge is 0.377 e. The summed E-state index contributed by atoms with van der Waals surface area (Å²) in [6, 6.07) is 3.73. The molecule has 3 heterocycles. The van der Waals surface area contributed by atoms with E-state index < -0.39 is 0 Å². The van der Waals surface area contributed by atoms with Gasteiger partial charge in [0.25, 0.3) is 5.91 Å². The molecule has 2 amide bonds. The summed E-state index contributed by atoms with van der Waals surface area (Å²) in [4.78, 5) is 30.5. The van der Waals surface area contributed by atoms with Crippen molar-refractivity contribution in [3.63, 3.8) is 0 Å². The highest BCUT2D eigenvalue weighted by Crippen LogP contribution is 2.33. The van der Waals surface area contributed by atoms with Gasteiger partial charge in [0.05, 0.1) is 23.3 Å². The maximum atomic E-state index is 12.7. The van der Waals surface area contributed by atoms with E-state index in [1.165, 1.54) is 0 Å². The van der Waals surface area contributed by atoms with Crippen LogP contribution in [0.4, 0.5) is 0 Å². The fraction of sp³-hybridized carbons (Fsp3) is 0.611. The molecule has 3 rings (SSSR count). The summed E-state index contributed by atoms with van der Waals surface area (Å²) in [6.07, 6.45) is 2.33. The highest BCUT2D eigenvalue weighted by molar-refractivity contribution is 5.95. The average Bonchev–Trinajstić information content (AvgIpc) is 3.04. The Morgan fingerprint density at radius 1 is 1.21 bits per heavy atom. The predicted octanol–water partition coefficient (Wildman–Crippen LogP) is 1.44. The van der Waals surface area contributed by atoms with Gasteiger partial charge in [-0.1, -0.05) is 0 Å². The normalized spacial score (nSPS) is 25.0. The molecule has 2 fully saturated rings. The number of primary amides is 1. The SMILES string of the molecule is Cc1ccc(C(=O)N2CCC([C@H]3OCC[C@@H]3C(N)=O)CC2)c(C)n1. The number of aromatic nitrogens is 1. The lowest BCUT2D eigenvalue weighted by molar-refractivity contribution is -0.124. The molecule has 2 N–H and O–H groups in total. The quantitative estimate of drug-likeness (QED) is 0.908. The molecule has 0 spiro atoms. The monoisotopic (exact) mass is 331 g/mol. The average molecular weight is 331 g/mol. The Balaban J connectivity index is 1.62. The summed E-state index contributed by atoms with van der Waals surface area (Å²) >= 11 is 0. The molecule has 0 aromatic carbocycles. The number of nitrogens with two attached hydrogens (primary N) is 1. The Bertz CT molecular complexity index is 638. The lowest BCUT2D eigenvalue weighted by Crippen LogP contribution is -2.44. The van der Waals surface area contributed by atoms with Gasteiger partial charge in [-0.2, -0.15) is 0 Å². The molecular weight excluding hydrogens is 306 g/mol. The van der Waals surface area contributed by atoms with Gasteiger partial charge in [-0.15, -0.1) is 0 Å². The van der Waals surface area contributed by atoms with Crippen molar-refractivity contribution in [3.05, 3.63) is 29.1 Å². The van der Waals surface area contributed by atoms with Crippen molar-refractivity contribution in [2.45, 2.75) is 39.2 Å². The summed E-state index contributed by atoms with van der Waals surface area (Å²) in [5, 5.41) is 0. The Morgan fingerprint density at radius 2 is 1.92 bits per heavy atom. The molecule has 0 unspecified atom stereocenters. The highest BCUT2D eigenvalue weighted by Gasteiger charge is 2.40. The molecule has 6 heteroatoms. The molecular formula is C18H25N3O3. The number of amides is 2. The van der Waals surface area contributed by atoms with Crippen molar-refractivity contribution >= 4 is 11.8 Å². The van der Waals surface area contributed by atoms with Crippen LogP contribution in [0.25, 0.3) is 0 Å². The van der Waals surface area contributed by atoms with Gasteiger partial charge in [0, 0.05) is 25.4 Å². The van der Waals surface area contributed by atoms with E-state index in [1.807, 2.05) is 30.9 Å². The minimum atomic E-state index is -0.266. The summed E-state index contributed by atoms with van der Waals surface area (Å²) in [7, 11) is 0. The van der Waals surface area contributed by atoms with E-state index in [1.54, 1.807) is 0 Å². The number of likely N-dealkylation sites (tertiary alicyclic amines) is 1. The van der Waals surface area contributed by atoms with Gasteiger partial charge in [0.2, 0.25) is 5.91 Å². The van der Waals surface area contributed by atoms with Gasteiger partial charge in [0.1, 0.15) is 0 Å². The first-order chi connectivity index (χ1) is 11.5. The maximum Gasteiger partial charge on any atom is 0.255 e. The fourth-order valence-corrected chi connectivity index (χ4v) is 3.89. The summed E-state index contributed by atoms with van der Waals surface area (Å²) in [6.45, 7) is 5.76. The van der Waals surface area contributed by atoms with Crippen molar-refractivity contribution in [3.8, 4) is 0 Å². The van der Waals surface area contributed by atoms with E-state index in [-0.39, 0.29) is 23.8 Å². The number of hydrogen-bond acceptors (Lipinski definition) is 4. The van der Waals surface area contributed by atoms with E-state index in [2.05, 4.69) is 4.98 Å². The van der Waals surface area contributed by atoms with Crippen LogP contribution < -0.4 is 5.73 Å². The molecule has 2 atom stereocenters. The second-order valence-electron chi connectivity index (χ2n) is 6.85. The first-order valence-corrected chi connectivity index (χ1v) is 8.62. The third-order valence-corrected chi connectivity index (χ3v) is 5.25. The third-order valence-electron chi connectivity index (χ3n) is 5.25. The summed E-state index contributed by atoms with van der Waals surface area (Å²) < 4.78 is 5.76. The first kappa shape index (κ1) is 16.9. The van der Waals surface area contributed by atoms with Crippen LogP contribution >= 0.6 is 0 Å². The van der Waals surface area contributed by atoms with Gasteiger partial charge in [-0.05, 0) is 51.2 Å². The van der Waals surface area contributed by atoms with Gasteiger partial charge in [0.15, 0.2) is 0 Å². The van der Waals surface area contributed by atoms with Crippen LogP contribution in [0.15, 0.2) is 12.1 Å². The molecule has 2 saturated heterocycles. The molecule has 0 bridgehead atoms. The van der Waals surface area contributed by atoms with Crippen molar-refractivity contribution in [2.75, 3.05) is 19.7 Å². The summed E-state index contributed by atoms with van der Waals surface area (Å²) in [5.41, 5.74) is 7.85. The zero-order valence-electron chi connectivity index (χ0n) is 14.3. The molecule has 0 saturated carbocycles. The van der Waals surface area contributed by atoms with Crippen LogP contribution in [0.1, 0.15) is 41.0 Å². The van der Waals surface area contributed by atoms with Gasteiger partial charge in [-0.25, -0.2) is 0 Å². The molecule has 2 aliphatic rings. The zero-order valence-corrected chi connectivity index (χ0v) is 14.3. The molecule has 1 aromatic heterocycles. The Kier molecular flexibility index (Phi) is 4.85. The molecule has 1 aromatic rings. The first-order valence-electron chi connectivity index (χ1n) is 8.62. The number of hydrogen-bond donors (Lipinski definition) is 1. The highest BCUT2D eigenvalue weighted by atomic mass is 16.5. The Labute approximate surface area is 142 Å². The van der Waals surface area contributed by atoms with Crippen molar-refractivity contribution < 1.29 is 14.3 Å². The lowest BCUT2D eigenvalue weighted by atomic mass is 9.84. The van der Waals surface area contributed by atoms with Crippen LogP contribution in [0.5, 0.6) is 0 Å². The fourth-order valence-electron chi connectivity index (χ4n) is 3.89. The van der Waals surface area contributed by atoms with Gasteiger partial charge >= 0.3 is 0 Å². The summed E-state index contributed by atoms with van der Waals surface area (Å²) in [5.74, 6) is -0.110. The van der Waals surface area contributed by atoms with Gasteiger partial charge < -0.3 is 15.4 Å². The minimum absolute atomic E-state index is 0.0391.